The molecule has 0 aliphatic carbocycles. The third kappa shape index (κ3) is 3.83. The van der Waals surface area contributed by atoms with Crippen molar-refractivity contribution in [2.45, 2.75) is 19.4 Å². The van der Waals surface area contributed by atoms with Crippen LogP contribution < -0.4 is 5.73 Å². The summed E-state index contributed by atoms with van der Waals surface area (Å²) in [5.41, 5.74) is 6.01. The van der Waals surface area contributed by atoms with Gasteiger partial charge in [-0.25, -0.2) is 9.98 Å². The molecule has 0 atom stereocenters. The first-order valence-electron chi connectivity index (χ1n) is 3.64. The number of hydrogen-bond donors (Lipinski definition) is 1. The zero-order chi connectivity index (χ0) is 9.61. The number of hydrogen-bond acceptors (Lipinski definition) is 2. The molecule has 0 unspecified atom stereocenters. The van der Waals surface area contributed by atoms with Crippen LogP contribution in [-0.2, 0) is 0 Å². The van der Waals surface area contributed by atoms with Crippen LogP contribution >= 0.6 is 0 Å². The Balaban J connectivity index is 4.55. The molecular weight excluding hydrogens is 150 g/mol. The van der Waals surface area contributed by atoms with Crippen LogP contribution in [0.25, 0.3) is 0 Å². The highest BCUT2D eigenvalue weighted by Gasteiger charge is 2.15. The van der Waals surface area contributed by atoms with E-state index in [0.717, 1.165) is 0 Å². The highest BCUT2D eigenvalue weighted by atomic mass is 14.9. The van der Waals surface area contributed by atoms with E-state index in [4.69, 9.17) is 5.73 Å². The van der Waals surface area contributed by atoms with Gasteiger partial charge in [0.1, 0.15) is 6.34 Å². The van der Waals surface area contributed by atoms with Crippen LogP contribution in [0.5, 0.6) is 0 Å². The maximum absolute atomic E-state index is 5.78. The Labute approximate surface area is 73.4 Å². The molecule has 0 heterocycles. The van der Waals surface area contributed by atoms with E-state index in [2.05, 4.69) is 23.1 Å². The van der Waals surface area contributed by atoms with E-state index in [0.29, 0.717) is 5.71 Å². The molecule has 3 nitrogen and oxygen atoms in total. The Morgan fingerprint density at radius 1 is 1.42 bits per heavy atom. The van der Waals surface area contributed by atoms with Crippen LogP contribution in [0.1, 0.15) is 13.8 Å². The zero-order valence-electron chi connectivity index (χ0n) is 7.62. The van der Waals surface area contributed by atoms with Gasteiger partial charge in [0.2, 0.25) is 0 Å². The molecule has 0 amide bonds. The summed E-state index contributed by atoms with van der Waals surface area (Å²) in [5.74, 6) is 0. The second-order valence-electron chi connectivity index (χ2n) is 2.89. The normalized spacial score (nSPS) is 13.4. The Morgan fingerprint density at radius 2 is 2.00 bits per heavy atom. The van der Waals surface area contributed by atoms with Crippen LogP contribution in [0.4, 0.5) is 0 Å². The van der Waals surface area contributed by atoms with E-state index < -0.39 is 5.54 Å². The molecule has 0 aliphatic heterocycles. The molecule has 0 saturated carbocycles. The molecule has 66 valence electrons. The van der Waals surface area contributed by atoms with Crippen molar-refractivity contribution in [1.29, 1.82) is 0 Å². The molecule has 2 N–H and O–H groups in total. The average Bonchev–Trinajstić information content (AvgIpc) is 1.95. The summed E-state index contributed by atoms with van der Waals surface area (Å²) in [5, 5.41) is 0. The van der Waals surface area contributed by atoms with Crippen molar-refractivity contribution in [3.63, 3.8) is 0 Å². The first-order chi connectivity index (χ1) is 5.52. The summed E-state index contributed by atoms with van der Waals surface area (Å²) in [7, 11) is 0. The Kier molecular flexibility index (Phi) is 4.15. The number of nitrogens with two attached hydrogens (primary N) is 1. The van der Waals surface area contributed by atoms with Gasteiger partial charge in [-0.2, -0.15) is 0 Å². The summed E-state index contributed by atoms with van der Waals surface area (Å²) in [6.45, 7) is 10.7. The fourth-order valence-corrected chi connectivity index (χ4v) is 0.625. The van der Waals surface area contributed by atoms with E-state index in [1.807, 2.05) is 13.8 Å². The van der Waals surface area contributed by atoms with Crippen molar-refractivity contribution in [2.75, 3.05) is 0 Å². The molecule has 0 saturated heterocycles. The lowest BCUT2D eigenvalue weighted by atomic mass is 10.0. The molecule has 0 spiro atoms. The smallest absolute Gasteiger partial charge is 0.115 e. The van der Waals surface area contributed by atoms with Crippen molar-refractivity contribution >= 4 is 12.1 Å². The Bertz CT molecular complexity index is 218. The maximum atomic E-state index is 5.78. The van der Waals surface area contributed by atoms with Crippen LogP contribution in [0.15, 0.2) is 35.4 Å². The fraction of sp³-hybridized carbons (Fsp3) is 0.333. The topological polar surface area (TPSA) is 50.7 Å². The minimum absolute atomic E-state index is 0.477. The van der Waals surface area contributed by atoms with Crippen molar-refractivity contribution in [1.82, 2.24) is 0 Å². The summed E-state index contributed by atoms with van der Waals surface area (Å²) in [4.78, 5) is 7.74. The third-order valence-corrected chi connectivity index (χ3v) is 1.22. The second-order valence-corrected chi connectivity index (χ2v) is 2.89. The highest BCUT2D eigenvalue weighted by molar-refractivity contribution is 6.04. The number of aliphatic imine (C=N–C) groups is 2. The van der Waals surface area contributed by atoms with Gasteiger partial charge < -0.3 is 5.73 Å². The highest BCUT2D eigenvalue weighted by Crippen LogP contribution is 2.01. The SMILES string of the molecule is C=C/N=C\N=C(/C=C)C(C)(C)N. The number of rotatable bonds is 4. The average molecular weight is 165 g/mol. The summed E-state index contributed by atoms with van der Waals surface area (Å²) in [6, 6.07) is 0. The maximum Gasteiger partial charge on any atom is 0.115 e. The van der Waals surface area contributed by atoms with Gasteiger partial charge in [0.25, 0.3) is 0 Å². The lowest BCUT2D eigenvalue weighted by molar-refractivity contribution is 0.703. The van der Waals surface area contributed by atoms with E-state index in [1.54, 1.807) is 6.08 Å². The zero-order valence-corrected chi connectivity index (χ0v) is 7.62. The molecular formula is C9H15N3. The molecule has 12 heavy (non-hydrogen) atoms. The quantitative estimate of drug-likeness (QED) is 0.498. The standard InChI is InChI=1S/C9H15N3/c1-5-8(9(3,4)10)12-7-11-6-2/h5-7H,1-2,10H2,3-4H3/b11-7-,12-8+. The van der Waals surface area contributed by atoms with E-state index in [1.165, 1.54) is 12.5 Å². The van der Waals surface area contributed by atoms with Gasteiger partial charge in [0.15, 0.2) is 0 Å². The first-order valence-corrected chi connectivity index (χ1v) is 3.64. The van der Waals surface area contributed by atoms with Crippen LogP contribution in [0, 0.1) is 0 Å². The lowest BCUT2D eigenvalue weighted by Gasteiger charge is -2.17. The van der Waals surface area contributed by atoms with Gasteiger partial charge >= 0.3 is 0 Å². The van der Waals surface area contributed by atoms with Gasteiger partial charge in [-0.15, -0.1) is 0 Å². The minimum atomic E-state index is -0.477. The molecule has 0 bridgehead atoms. The van der Waals surface area contributed by atoms with Crippen LogP contribution in [0.2, 0.25) is 0 Å². The molecule has 0 aromatic heterocycles. The molecule has 0 rings (SSSR count). The van der Waals surface area contributed by atoms with Gasteiger partial charge in [-0.1, -0.05) is 13.2 Å². The molecule has 0 aromatic carbocycles. The Morgan fingerprint density at radius 3 is 2.33 bits per heavy atom. The van der Waals surface area contributed by atoms with Gasteiger partial charge in [0.05, 0.1) is 11.3 Å². The predicted molar refractivity (Wildman–Crippen MR) is 54.6 cm³/mol. The minimum Gasteiger partial charge on any atom is -0.321 e. The van der Waals surface area contributed by atoms with E-state index >= 15 is 0 Å². The van der Waals surface area contributed by atoms with Crippen molar-refractivity contribution < 1.29 is 0 Å². The largest absolute Gasteiger partial charge is 0.321 e. The van der Waals surface area contributed by atoms with E-state index in [9.17, 15) is 0 Å². The molecule has 0 fully saturated rings. The van der Waals surface area contributed by atoms with Crippen LogP contribution in [0.3, 0.4) is 0 Å². The van der Waals surface area contributed by atoms with Gasteiger partial charge in [-0.05, 0) is 19.9 Å². The Hall–Kier alpha value is -1.22. The molecule has 0 aliphatic rings. The van der Waals surface area contributed by atoms with Crippen molar-refractivity contribution in [3.05, 3.63) is 25.4 Å². The molecule has 3 heteroatoms. The third-order valence-electron chi connectivity index (χ3n) is 1.22. The molecule has 0 radical (unpaired) electrons. The monoisotopic (exact) mass is 165 g/mol. The summed E-state index contributed by atoms with van der Waals surface area (Å²) in [6.07, 6.45) is 4.43. The molecule has 0 aromatic rings. The van der Waals surface area contributed by atoms with Crippen molar-refractivity contribution in [2.24, 2.45) is 15.7 Å². The first kappa shape index (κ1) is 10.8. The predicted octanol–water partition coefficient (Wildman–Crippen LogP) is 1.52. The fourth-order valence-electron chi connectivity index (χ4n) is 0.625. The van der Waals surface area contributed by atoms with E-state index in [-0.39, 0.29) is 0 Å². The van der Waals surface area contributed by atoms with Crippen molar-refractivity contribution in [3.8, 4) is 0 Å². The second kappa shape index (κ2) is 4.62. The van der Waals surface area contributed by atoms with Gasteiger partial charge in [-0.3, -0.25) is 0 Å². The van der Waals surface area contributed by atoms with Crippen LogP contribution in [-0.4, -0.2) is 17.6 Å². The van der Waals surface area contributed by atoms with Gasteiger partial charge in [0, 0.05) is 6.20 Å². The lowest BCUT2D eigenvalue weighted by Crippen LogP contribution is -2.40. The summed E-state index contributed by atoms with van der Waals surface area (Å²) < 4.78 is 0. The summed E-state index contributed by atoms with van der Waals surface area (Å²) >= 11 is 0. The number of nitrogens with zero attached hydrogens (tertiary/aromatic N) is 2.